The summed E-state index contributed by atoms with van der Waals surface area (Å²) in [6, 6.07) is 5.38. The Balaban J connectivity index is 2.27. The standard InChI is InChI=1S/C12H9ClFN3O/c13-7-1-2-9(14)11(5-7)17-12(18)8-6-16-4-3-10(8)15/h1-6H,(H2,15,16)(H,17,18). The number of amides is 1. The van der Waals surface area contributed by atoms with Gasteiger partial charge in [-0.3, -0.25) is 9.78 Å². The van der Waals surface area contributed by atoms with E-state index >= 15 is 0 Å². The number of hydrogen-bond acceptors (Lipinski definition) is 3. The molecule has 0 aliphatic rings. The van der Waals surface area contributed by atoms with Gasteiger partial charge < -0.3 is 11.1 Å². The van der Waals surface area contributed by atoms with Gasteiger partial charge in [-0.25, -0.2) is 4.39 Å². The summed E-state index contributed by atoms with van der Waals surface area (Å²) in [6.07, 6.45) is 2.78. The molecule has 2 rings (SSSR count). The van der Waals surface area contributed by atoms with Gasteiger partial charge in [-0.2, -0.15) is 0 Å². The first kappa shape index (κ1) is 12.3. The first-order valence-corrected chi connectivity index (χ1v) is 5.41. The fourth-order valence-electron chi connectivity index (χ4n) is 1.38. The fourth-order valence-corrected chi connectivity index (χ4v) is 1.55. The average molecular weight is 266 g/mol. The summed E-state index contributed by atoms with van der Waals surface area (Å²) in [5.74, 6) is -1.11. The number of nitrogens with two attached hydrogens (primary N) is 1. The molecule has 0 unspecified atom stereocenters. The SMILES string of the molecule is Nc1ccncc1C(=O)Nc1cc(Cl)ccc1F. The molecule has 0 radical (unpaired) electrons. The molecule has 3 N–H and O–H groups in total. The molecule has 1 amide bonds. The maximum Gasteiger partial charge on any atom is 0.259 e. The summed E-state index contributed by atoms with van der Waals surface area (Å²) in [5, 5.41) is 2.71. The fraction of sp³-hybridized carbons (Fsp3) is 0. The van der Waals surface area contributed by atoms with Gasteiger partial charge in [-0.05, 0) is 24.3 Å². The molecule has 0 aliphatic carbocycles. The molecular formula is C12H9ClFN3O. The molecule has 0 spiro atoms. The van der Waals surface area contributed by atoms with Crippen molar-refractivity contribution in [3.8, 4) is 0 Å². The van der Waals surface area contributed by atoms with Gasteiger partial charge in [0.1, 0.15) is 5.82 Å². The number of nitrogens with one attached hydrogen (secondary N) is 1. The zero-order valence-corrected chi connectivity index (χ0v) is 9.91. The molecule has 6 heteroatoms. The predicted molar refractivity (Wildman–Crippen MR) is 68.0 cm³/mol. The van der Waals surface area contributed by atoms with Gasteiger partial charge in [0.05, 0.1) is 11.3 Å². The summed E-state index contributed by atoms with van der Waals surface area (Å²) < 4.78 is 13.4. The molecule has 0 aliphatic heterocycles. The van der Waals surface area contributed by atoms with Crippen molar-refractivity contribution in [2.75, 3.05) is 11.1 Å². The van der Waals surface area contributed by atoms with Crippen LogP contribution < -0.4 is 11.1 Å². The average Bonchev–Trinajstić information content (AvgIpc) is 2.34. The van der Waals surface area contributed by atoms with E-state index < -0.39 is 11.7 Å². The molecule has 0 fully saturated rings. The molecule has 0 saturated heterocycles. The maximum atomic E-state index is 13.4. The van der Waals surface area contributed by atoms with E-state index in [-0.39, 0.29) is 16.9 Å². The lowest BCUT2D eigenvalue weighted by Crippen LogP contribution is -2.15. The largest absolute Gasteiger partial charge is 0.398 e. The van der Waals surface area contributed by atoms with Crippen molar-refractivity contribution >= 4 is 28.9 Å². The molecule has 1 heterocycles. The van der Waals surface area contributed by atoms with Gasteiger partial charge in [-0.1, -0.05) is 11.6 Å². The number of benzene rings is 1. The Labute approximate surface area is 108 Å². The van der Waals surface area contributed by atoms with Crippen LogP contribution in [0, 0.1) is 5.82 Å². The van der Waals surface area contributed by atoms with E-state index in [1.165, 1.54) is 36.7 Å². The third-order valence-corrected chi connectivity index (χ3v) is 2.51. The van der Waals surface area contributed by atoms with Crippen molar-refractivity contribution in [1.29, 1.82) is 0 Å². The number of aromatic nitrogens is 1. The van der Waals surface area contributed by atoms with Crippen molar-refractivity contribution in [2.45, 2.75) is 0 Å². The number of carbonyl (C=O) groups is 1. The molecular weight excluding hydrogens is 257 g/mol. The molecule has 1 aromatic heterocycles. The van der Waals surface area contributed by atoms with Gasteiger partial charge in [0.2, 0.25) is 0 Å². The summed E-state index contributed by atoms with van der Waals surface area (Å²) in [6.45, 7) is 0. The number of carbonyl (C=O) groups excluding carboxylic acids is 1. The van der Waals surface area contributed by atoms with E-state index in [1.54, 1.807) is 0 Å². The second kappa shape index (κ2) is 5.01. The van der Waals surface area contributed by atoms with Crippen LogP contribution in [0.1, 0.15) is 10.4 Å². The Morgan fingerprint density at radius 1 is 1.39 bits per heavy atom. The highest BCUT2D eigenvalue weighted by Crippen LogP contribution is 2.21. The third-order valence-electron chi connectivity index (χ3n) is 2.28. The number of hydrogen-bond donors (Lipinski definition) is 2. The number of anilines is 2. The van der Waals surface area contributed by atoms with Gasteiger partial charge in [0.15, 0.2) is 0 Å². The lowest BCUT2D eigenvalue weighted by Gasteiger charge is -2.08. The van der Waals surface area contributed by atoms with Crippen molar-refractivity contribution < 1.29 is 9.18 Å². The molecule has 18 heavy (non-hydrogen) atoms. The highest BCUT2D eigenvalue weighted by atomic mass is 35.5. The highest BCUT2D eigenvalue weighted by Gasteiger charge is 2.12. The monoisotopic (exact) mass is 265 g/mol. The lowest BCUT2D eigenvalue weighted by atomic mass is 10.2. The van der Waals surface area contributed by atoms with E-state index in [1.807, 2.05) is 0 Å². The van der Waals surface area contributed by atoms with Gasteiger partial charge >= 0.3 is 0 Å². The third kappa shape index (κ3) is 2.57. The number of pyridine rings is 1. The molecule has 0 bridgehead atoms. The molecule has 2 aromatic rings. The van der Waals surface area contributed by atoms with Crippen LogP contribution in [0.2, 0.25) is 5.02 Å². The van der Waals surface area contributed by atoms with Crippen LogP contribution in [-0.4, -0.2) is 10.9 Å². The molecule has 0 atom stereocenters. The van der Waals surface area contributed by atoms with Crippen molar-refractivity contribution in [1.82, 2.24) is 4.98 Å². The van der Waals surface area contributed by atoms with E-state index in [2.05, 4.69) is 10.3 Å². The molecule has 1 aromatic carbocycles. The number of nitrogen functional groups attached to an aromatic ring is 1. The van der Waals surface area contributed by atoms with Gasteiger partial charge in [0.25, 0.3) is 5.91 Å². The maximum absolute atomic E-state index is 13.4. The van der Waals surface area contributed by atoms with E-state index in [0.717, 1.165) is 0 Å². The molecule has 0 saturated carbocycles. The lowest BCUT2D eigenvalue weighted by molar-refractivity contribution is 0.102. The summed E-state index contributed by atoms with van der Waals surface area (Å²) in [5.41, 5.74) is 6.06. The smallest absolute Gasteiger partial charge is 0.259 e. The van der Waals surface area contributed by atoms with Crippen LogP contribution in [0.15, 0.2) is 36.7 Å². The van der Waals surface area contributed by atoms with Crippen molar-refractivity contribution in [2.24, 2.45) is 0 Å². The minimum absolute atomic E-state index is 0.00393. The van der Waals surface area contributed by atoms with Crippen LogP contribution in [0.5, 0.6) is 0 Å². The minimum atomic E-state index is -0.574. The first-order valence-electron chi connectivity index (χ1n) is 5.04. The second-order valence-corrected chi connectivity index (χ2v) is 3.98. The Bertz CT molecular complexity index is 604. The summed E-state index contributed by atoms with van der Waals surface area (Å²) in [7, 11) is 0. The zero-order chi connectivity index (χ0) is 13.1. The predicted octanol–water partition coefficient (Wildman–Crippen LogP) is 2.71. The number of nitrogens with zero attached hydrogens (tertiary/aromatic N) is 1. The Kier molecular flexibility index (Phi) is 3.43. The topological polar surface area (TPSA) is 68.0 Å². The van der Waals surface area contributed by atoms with E-state index in [0.29, 0.717) is 5.02 Å². The van der Waals surface area contributed by atoms with Crippen LogP contribution >= 0.6 is 11.6 Å². The number of rotatable bonds is 2. The second-order valence-electron chi connectivity index (χ2n) is 3.54. The van der Waals surface area contributed by atoms with Crippen molar-refractivity contribution in [3.05, 3.63) is 53.1 Å². The van der Waals surface area contributed by atoms with Crippen LogP contribution in [0.4, 0.5) is 15.8 Å². The van der Waals surface area contributed by atoms with Crippen LogP contribution in [-0.2, 0) is 0 Å². The van der Waals surface area contributed by atoms with Gasteiger partial charge in [-0.15, -0.1) is 0 Å². The van der Waals surface area contributed by atoms with Crippen LogP contribution in [0.3, 0.4) is 0 Å². The quantitative estimate of drug-likeness (QED) is 0.877. The summed E-state index contributed by atoms with van der Waals surface area (Å²) >= 11 is 5.72. The zero-order valence-electron chi connectivity index (χ0n) is 9.15. The molecule has 4 nitrogen and oxygen atoms in total. The minimum Gasteiger partial charge on any atom is -0.398 e. The Morgan fingerprint density at radius 3 is 2.89 bits per heavy atom. The molecule has 92 valence electrons. The highest BCUT2D eigenvalue weighted by molar-refractivity contribution is 6.31. The van der Waals surface area contributed by atoms with Gasteiger partial charge in [0, 0.05) is 23.1 Å². The van der Waals surface area contributed by atoms with E-state index in [4.69, 9.17) is 17.3 Å². The number of halogens is 2. The first-order chi connectivity index (χ1) is 8.58. The van der Waals surface area contributed by atoms with E-state index in [9.17, 15) is 9.18 Å². The Hall–Kier alpha value is -2.14. The van der Waals surface area contributed by atoms with Crippen LogP contribution in [0.25, 0.3) is 0 Å². The summed E-state index contributed by atoms with van der Waals surface area (Å²) in [4.78, 5) is 15.6. The normalized spacial score (nSPS) is 10.1. The van der Waals surface area contributed by atoms with Crippen molar-refractivity contribution in [3.63, 3.8) is 0 Å². The Morgan fingerprint density at radius 2 is 2.17 bits per heavy atom.